The Kier molecular flexibility index (Phi) is 0.714. The van der Waals surface area contributed by atoms with Gasteiger partial charge in [0.1, 0.15) is 7.05 Å². The van der Waals surface area contributed by atoms with Crippen molar-refractivity contribution in [2.75, 3.05) is 0 Å². The van der Waals surface area contributed by atoms with Crippen molar-refractivity contribution in [2.45, 2.75) is 0 Å². The molecular formula is C3H6N3O+. The smallest absolute Gasteiger partial charge is 0.217 e. The Morgan fingerprint density at radius 1 is 1.86 bits per heavy atom. The molecule has 1 aromatic heterocycles. The molecule has 0 atom stereocenters. The molecule has 1 aromatic rings. The van der Waals surface area contributed by atoms with Crippen molar-refractivity contribution in [2.24, 2.45) is 7.05 Å². The lowest BCUT2D eigenvalue weighted by atomic mass is 11.2. The fourth-order valence-electron chi connectivity index (χ4n) is 0.380. The van der Waals surface area contributed by atoms with Gasteiger partial charge in [-0.25, -0.2) is 4.79 Å². The molecule has 0 aliphatic carbocycles. The summed E-state index contributed by atoms with van der Waals surface area (Å²) in [4.78, 5) is 12.6. The third-order valence-corrected chi connectivity index (χ3v) is 0.667. The zero-order valence-electron chi connectivity index (χ0n) is 3.93. The van der Waals surface area contributed by atoms with Gasteiger partial charge in [0.15, 0.2) is 0 Å². The Morgan fingerprint density at radius 2 is 2.57 bits per heavy atom. The number of nitrogens with zero attached hydrogens (tertiary/aromatic N) is 1. The topological polar surface area (TPSA) is 52.5 Å². The van der Waals surface area contributed by atoms with Gasteiger partial charge in [0.05, 0.1) is 0 Å². The minimum absolute atomic E-state index is 0.178. The van der Waals surface area contributed by atoms with E-state index in [0.717, 1.165) is 0 Å². The molecule has 0 amide bonds. The fraction of sp³-hybridized carbons (Fsp3) is 0.333. The second-order valence-corrected chi connectivity index (χ2v) is 1.33. The third-order valence-electron chi connectivity index (χ3n) is 0.667. The molecule has 4 heteroatoms. The fourth-order valence-corrected chi connectivity index (χ4v) is 0.380. The van der Waals surface area contributed by atoms with Crippen molar-refractivity contribution < 1.29 is 4.68 Å². The number of H-pyrrole nitrogens is 2. The lowest BCUT2D eigenvalue weighted by Crippen LogP contribution is -2.31. The van der Waals surface area contributed by atoms with Gasteiger partial charge in [-0.15, -0.1) is 0 Å². The third kappa shape index (κ3) is 0.677. The van der Waals surface area contributed by atoms with Crippen LogP contribution < -0.4 is 10.4 Å². The van der Waals surface area contributed by atoms with E-state index in [4.69, 9.17) is 0 Å². The first-order valence-electron chi connectivity index (χ1n) is 1.92. The van der Waals surface area contributed by atoms with Gasteiger partial charge in [-0.05, 0) is 0 Å². The molecule has 7 heavy (non-hydrogen) atoms. The van der Waals surface area contributed by atoms with E-state index in [9.17, 15) is 4.79 Å². The maximum absolute atomic E-state index is 10.2. The first kappa shape index (κ1) is 4.11. The number of aromatic amines is 2. The Hall–Kier alpha value is -1.06. The van der Waals surface area contributed by atoms with E-state index < -0.39 is 0 Å². The monoisotopic (exact) mass is 100 g/mol. The molecule has 0 bridgehead atoms. The molecule has 0 saturated carbocycles. The summed E-state index contributed by atoms with van der Waals surface area (Å²) in [5, 5.41) is 2.44. The molecule has 0 aliphatic rings. The number of hydrogen-bond acceptors (Lipinski definition) is 1. The quantitative estimate of drug-likeness (QED) is 0.384. The lowest BCUT2D eigenvalue weighted by molar-refractivity contribution is -0.728. The Balaban J connectivity index is 3.30. The van der Waals surface area contributed by atoms with Crippen LogP contribution in [0, 0.1) is 0 Å². The van der Waals surface area contributed by atoms with E-state index >= 15 is 0 Å². The normalized spacial score (nSPS) is 9.29. The van der Waals surface area contributed by atoms with Gasteiger partial charge >= 0.3 is 5.69 Å². The molecule has 0 spiro atoms. The van der Waals surface area contributed by atoms with E-state index in [1.165, 1.54) is 0 Å². The highest BCUT2D eigenvalue weighted by Crippen LogP contribution is 1.40. The minimum atomic E-state index is -0.178. The summed E-state index contributed by atoms with van der Waals surface area (Å²) in [5.41, 5.74) is -0.178. The Labute approximate surface area is 39.8 Å². The molecule has 2 N–H and O–H groups in total. The van der Waals surface area contributed by atoms with Gasteiger partial charge in [-0.2, -0.15) is 14.8 Å². The van der Waals surface area contributed by atoms with Crippen molar-refractivity contribution in [1.82, 2.24) is 10.1 Å². The summed E-state index contributed by atoms with van der Waals surface area (Å²) in [6.45, 7) is 0. The van der Waals surface area contributed by atoms with Crippen molar-refractivity contribution >= 4 is 0 Å². The van der Waals surface area contributed by atoms with Crippen LogP contribution in [0.15, 0.2) is 11.1 Å². The van der Waals surface area contributed by atoms with Crippen LogP contribution in [-0.4, -0.2) is 10.1 Å². The molecule has 0 aliphatic heterocycles. The van der Waals surface area contributed by atoms with Crippen LogP contribution in [-0.2, 0) is 7.05 Å². The first-order valence-corrected chi connectivity index (χ1v) is 1.92. The van der Waals surface area contributed by atoms with Crippen LogP contribution in [0.4, 0.5) is 0 Å². The van der Waals surface area contributed by atoms with Gasteiger partial charge < -0.3 is 0 Å². The average molecular weight is 100 g/mol. The van der Waals surface area contributed by atoms with Gasteiger partial charge in [0, 0.05) is 0 Å². The van der Waals surface area contributed by atoms with Crippen LogP contribution in [0.3, 0.4) is 0 Å². The highest BCUT2D eigenvalue weighted by Gasteiger charge is 1.87. The van der Waals surface area contributed by atoms with Gasteiger partial charge in [-0.3, -0.25) is 0 Å². The van der Waals surface area contributed by atoms with Crippen LogP contribution in [0.25, 0.3) is 0 Å². The van der Waals surface area contributed by atoms with Gasteiger partial charge in [0.2, 0.25) is 0 Å². The molecule has 1 rings (SSSR count). The van der Waals surface area contributed by atoms with Gasteiger partial charge in [-0.1, -0.05) is 0 Å². The van der Waals surface area contributed by atoms with E-state index in [2.05, 4.69) is 10.1 Å². The maximum atomic E-state index is 10.2. The summed E-state index contributed by atoms with van der Waals surface area (Å²) in [7, 11) is 1.73. The molecule has 0 radical (unpaired) electrons. The zero-order chi connectivity index (χ0) is 5.28. The van der Waals surface area contributed by atoms with Crippen molar-refractivity contribution in [1.29, 1.82) is 0 Å². The summed E-state index contributed by atoms with van der Waals surface area (Å²) in [5.74, 6) is 0. The molecule has 1 heterocycles. The maximum Gasteiger partial charge on any atom is 0.441 e. The predicted molar refractivity (Wildman–Crippen MR) is 22.6 cm³/mol. The highest BCUT2D eigenvalue weighted by atomic mass is 16.1. The van der Waals surface area contributed by atoms with Crippen molar-refractivity contribution in [3.05, 3.63) is 16.8 Å². The minimum Gasteiger partial charge on any atom is -0.217 e. The van der Waals surface area contributed by atoms with Crippen molar-refractivity contribution in [3.63, 3.8) is 0 Å². The first-order chi connectivity index (χ1) is 3.29. The van der Waals surface area contributed by atoms with Crippen molar-refractivity contribution in [3.8, 4) is 0 Å². The number of rotatable bonds is 0. The number of nitrogens with one attached hydrogen (secondary N) is 2. The average Bonchev–Trinajstić information content (AvgIpc) is 1.87. The van der Waals surface area contributed by atoms with E-state index in [0.29, 0.717) is 0 Å². The zero-order valence-corrected chi connectivity index (χ0v) is 3.93. The molecule has 4 nitrogen and oxygen atoms in total. The van der Waals surface area contributed by atoms with Crippen LogP contribution in [0.1, 0.15) is 0 Å². The van der Waals surface area contributed by atoms with Crippen LogP contribution >= 0.6 is 0 Å². The SMILES string of the molecule is C[n+]1c[nH]c(=O)[nH]1. The van der Waals surface area contributed by atoms with E-state index in [1.807, 2.05) is 0 Å². The summed E-state index contributed by atoms with van der Waals surface area (Å²) in [6, 6.07) is 0. The second-order valence-electron chi connectivity index (χ2n) is 1.33. The number of aromatic nitrogens is 3. The molecule has 0 fully saturated rings. The van der Waals surface area contributed by atoms with E-state index in [-0.39, 0.29) is 5.69 Å². The molecule has 0 saturated heterocycles. The molecule has 38 valence electrons. The Bertz CT molecular complexity index is 198. The largest absolute Gasteiger partial charge is 0.441 e. The molecule has 0 aromatic carbocycles. The second kappa shape index (κ2) is 1.22. The molecular weight excluding hydrogens is 94.1 g/mol. The highest BCUT2D eigenvalue weighted by molar-refractivity contribution is 4.41. The number of hydrogen-bond donors (Lipinski definition) is 2. The lowest BCUT2D eigenvalue weighted by Gasteiger charge is -1.67. The summed E-state index contributed by atoms with van der Waals surface area (Å²) in [6.07, 6.45) is 1.54. The standard InChI is InChI=1S/C3H5N3O/c1-6-2-4-3(7)5-6/h2H,1H3,(H,5,7)/p+1. The predicted octanol–water partition coefficient (Wildman–Crippen LogP) is -1.47. The summed E-state index contributed by atoms with van der Waals surface area (Å²) < 4.78 is 1.54. The van der Waals surface area contributed by atoms with Crippen LogP contribution in [0.5, 0.6) is 0 Å². The number of aryl methyl sites for hydroxylation is 1. The molecule has 0 unspecified atom stereocenters. The van der Waals surface area contributed by atoms with Gasteiger partial charge in [0.25, 0.3) is 6.33 Å². The Morgan fingerprint density at radius 3 is 2.71 bits per heavy atom. The van der Waals surface area contributed by atoms with E-state index in [1.54, 1.807) is 18.1 Å². The van der Waals surface area contributed by atoms with Crippen LogP contribution in [0.2, 0.25) is 0 Å². The summed E-state index contributed by atoms with van der Waals surface area (Å²) >= 11 is 0.